The first-order chi connectivity index (χ1) is 10.2. The summed E-state index contributed by atoms with van der Waals surface area (Å²) in [6.45, 7) is 4.54. The molecule has 3 heterocycles. The van der Waals surface area contributed by atoms with Crippen LogP contribution in [0.5, 0.6) is 0 Å². The number of rotatable bonds is 3. The molecule has 1 aliphatic heterocycles. The lowest BCUT2D eigenvalue weighted by Gasteiger charge is -2.26. The van der Waals surface area contributed by atoms with Crippen molar-refractivity contribution in [3.8, 4) is 11.5 Å². The smallest absolute Gasteiger partial charge is 0.268 e. The number of aryl methyl sites for hydroxylation is 1. The third-order valence-electron chi connectivity index (χ3n) is 3.03. The molecule has 2 aromatic heterocycles. The zero-order chi connectivity index (χ0) is 14.7. The molecule has 2 aromatic rings. The van der Waals surface area contributed by atoms with Crippen molar-refractivity contribution in [2.75, 3.05) is 26.3 Å². The van der Waals surface area contributed by atoms with Crippen molar-refractivity contribution in [2.24, 2.45) is 0 Å². The summed E-state index contributed by atoms with van der Waals surface area (Å²) in [6, 6.07) is 0. The average molecular weight is 305 g/mol. The van der Waals surface area contributed by atoms with Gasteiger partial charge < -0.3 is 4.74 Å². The number of thiazole rings is 1. The number of morpholine rings is 1. The molecule has 1 amide bonds. The zero-order valence-corrected chi connectivity index (χ0v) is 12.4. The molecule has 21 heavy (non-hydrogen) atoms. The highest BCUT2D eigenvalue weighted by Gasteiger charge is 2.15. The van der Waals surface area contributed by atoms with E-state index < -0.39 is 0 Å². The van der Waals surface area contributed by atoms with Crippen LogP contribution in [0.15, 0.2) is 17.8 Å². The zero-order valence-electron chi connectivity index (χ0n) is 11.6. The number of nitrogens with one attached hydrogen (secondary N) is 1. The monoisotopic (exact) mass is 305 g/mol. The molecule has 1 fully saturated rings. The van der Waals surface area contributed by atoms with Crippen molar-refractivity contribution in [1.82, 2.24) is 25.4 Å². The van der Waals surface area contributed by atoms with Gasteiger partial charge in [0.15, 0.2) is 5.82 Å². The van der Waals surface area contributed by atoms with Crippen LogP contribution < -0.4 is 5.43 Å². The number of nitrogens with zero attached hydrogens (tertiary/aromatic N) is 4. The number of hydrazine groups is 1. The lowest BCUT2D eigenvalue weighted by Crippen LogP contribution is -2.48. The highest BCUT2D eigenvalue weighted by Crippen LogP contribution is 2.17. The summed E-state index contributed by atoms with van der Waals surface area (Å²) in [4.78, 5) is 24.8. The molecule has 8 heteroatoms. The Morgan fingerprint density at radius 3 is 2.67 bits per heavy atom. The van der Waals surface area contributed by atoms with Crippen molar-refractivity contribution in [3.05, 3.63) is 28.3 Å². The summed E-state index contributed by atoms with van der Waals surface area (Å²) in [6.07, 6.45) is 3.04. The molecule has 7 nitrogen and oxygen atoms in total. The third kappa shape index (κ3) is 3.41. The highest BCUT2D eigenvalue weighted by molar-refractivity contribution is 7.09. The third-order valence-corrected chi connectivity index (χ3v) is 3.81. The van der Waals surface area contributed by atoms with E-state index >= 15 is 0 Å². The SMILES string of the molecule is Cc1nc(-c2ncc(C(=O)NN3CCOCC3)cn2)cs1. The molecule has 0 spiro atoms. The Bertz CT molecular complexity index is 622. The molecule has 0 aliphatic carbocycles. The van der Waals surface area contributed by atoms with E-state index in [0.717, 1.165) is 10.7 Å². The summed E-state index contributed by atoms with van der Waals surface area (Å²) >= 11 is 1.54. The van der Waals surface area contributed by atoms with E-state index in [1.807, 2.05) is 17.3 Å². The largest absolute Gasteiger partial charge is 0.379 e. The van der Waals surface area contributed by atoms with Crippen LogP contribution in [-0.4, -0.2) is 52.2 Å². The van der Waals surface area contributed by atoms with E-state index in [1.165, 1.54) is 12.4 Å². The number of carbonyl (C=O) groups excluding carboxylic acids is 1. The number of hydrogen-bond donors (Lipinski definition) is 1. The van der Waals surface area contributed by atoms with Crippen LogP contribution in [0.1, 0.15) is 15.4 Å². The molecule has 0 atom stereocenters. The molecule has 0 unspecified atom stereocenters. The van der Waals surface area contributed by atoms with Gasteiger partial charge in [-0.15, -0.1) is 11.3 Å². The molecule has 0 aromatic carbocycles. The van der Waals surface area contributed by atoms with E-state index in [1.54, 1.807) is 11.3 Å². The minimum absolute atomic E-state index is 0.210. The van der Waals surface area contributed by atoms with Crippen molar-refractivity contribution in [3.63, 3.8) is 0 Å². The van der Waals surface area contributed by atoms with Gasteiger partial charge in [-0.25, -0.2) is 20.0 Å². The standard InChI is InChI=1S/C13H15N5O2S/c1-9-16-11(8-21-9)12-14-6-10(7-15-12)13(19)17-18-2-4-20-5-3-18/h6-8H,2-5H2,1H3,(H,17,19). The molecule has 0 bridgehead atoms. The molecule has 1 saturated heterocycles. The summed E-state index contributed by atoms with van der Waals surface area (Å²) < 4.78 is 5.23. The van der Waals surface area contributed by atoms with E-state index in [9.17, 15) is 4.79 Å². The molecule has 110 valence electrons. The minimum atomic E-state index is -0.210. The maximum absolute atomic E-state index is 12.1. The lowest BCUT2D eigenvalue weighted by molar-refractivity contribution is 0.0126. The molecular weight excluding hydrogens is 290 g/mol. The minimum Gasteiger partial charge on any atom is -0.379 e. The van der Waals surface area contributed by atoms with E-state index in [2.05, 4.69) is 20.4 Å². The first-order valence-corrected chi connectivity index (χ1v) is 7.48. The second-order valence-electron chi connectivity index (χ2n) is 4.59. The van der Waals surface area contributed by atoms with Gasteiger partial charge in [0, 0.05) is 30.9 Å². The predicted octanol–water partition coefficient (Wildman–Crippen LogP) is 0.886. The van der Waals surface area contributed by atoms with Crippen molar-refractivity contribution in [1.29, 1.82) is 0 Å². The number of ether oxygens (including phenoxy) is 1. The Morgan fingerprint density at radius 1 is 1.33 bits per heavy atom. The predicted molar refractivity (Wildman–Crippen MR) is 77.7 cm³/mol. The summed E-state index contributed by atoms with van der Waals surface area (Å²) in [5.41, 5.74) is 3.98. The Kier molecular flexibility index (Phi) is 4.18. The quantitative estimate of drug-likeness (QED) is 0.907. The van der Waals surface area contributed by atoms with Gasteiger partial charge in [0.2, 0.25) is 0 Å². The fraction of sp³-hybridized carbons (Fsp3) is 0.385. The van der Waals surface area contributed by atoms with E-state index in [4.69, 9.17) is 4.74 Å². The van der Waals surface area contributed by atoms with Gasteiger partial charge in [0.1, 0.15) is 5.69 Å². The van der Waals surface area contributed by atoms with E-state index in [0.29, 0.717) is 37.7 Å². The lowest BCUT2D eigenvalue weighted by atomic mass is 10.3. The summed E-state index contributed by atoms with van der Waals surface area (Å²) in [5.74, 6) is 0.320. The van der Waals surface area contributed by atoms with Crippen LogP contribution in [0.4, 0.5) is 0 Å². The van der Waals surface area contributed by atoms with Gasteiger partial charge in [0.05, 0.1) is 23.8 Å². The van der Waals surface area contributed by atoms with Crippen LogP contribution in [0.2, 0.25) is 0 Å². The fourth-order valence-corrected chi connectivity index (χ4v) is 2.52. The molecule has 0 saturated carbocycles. The van der Waals surface area contributed by atoms with Crippen LogP contribution in [0.25, 0.3) is 11.5 Å². The second-order valence-corrected chi connectivity index (χ2v) is 5.65. The number of carbonyl (C=O) groups is 1. The molecule has 0 radical (unpaired) electrons. The number of amides is 1. The molecule has 3 rings (SSSR count). The Hall–Kier alpha value is -1.90. The van der Waals surface area contributed by atoms with Gasteiger partial charge in [0.25, 0.3) is 5.91 Å². The van der Waals surface area contributed by atoms with E-state index in [-0.39, 0.29) is 5.91 Å². The Labute approximate surface area is 126 Å². The maximum atomic E-state index is 12.1. The van der Waals surface area contributed by atoms with Crippen LogP contribution >= 0.6 is 11.3 Å². The molecule has 1 aliphatic rings. The first-order valence-electron chi connectivity index (χ1n) is 6.60. The van der Waals surface area contributed by atoms with Gasteiger partial charge in [-0.3, -0.25) is 10.2 Å². The van der Waals surface area contributed by atoms with Crippen LogP contribution in [0.3, 0.4) is 0 Å². The van der Waals surface area contributed by atoms with Crippen molar-refractivity contribution >= 4 is 17.2 Å². The first kappa shape index (κ1) is 14.1. The second kappa shape index (κ2) is 6.25. The van der Waals surface area contributed by atoms with Crippen LogP contribution in [0, 0.1) is 6.92 Å². The van der Waals surface area contributed by atoms with Gasteiger partial charge in [-0.1, -0.05) is 0 Å². The van der Waals surface area contributed by atoms with Crippen molar-refractivity contribution in [2.45, 2.75) is 6.92 Å². The van der Waals surface area contributed by atoms with Crippen molar-refractivity contribution < 1.29 is 9.53 Å². The van der Waals surface area contributed by atoms with Gasteiger partial charge in [-0.05, 0) is 6.92 Å². The molecular formula is C13H15N5O2S. The van der Waals surface area contributed by atoms with Gasteiger partial charge >= 0.3 is 0 Å². The normalized spacial score (nSPS) is 15.9. The topological polar surface area (TPSA) is 80.2 Å². The number of aromatic nitrogens is 3. The van der Waals surface area contributed by atoms with Crippen LogP contribution in [-0.2, 0) is 4.74 Å². The average Bonchev–Trinajstić information content (AvgIpc) is 2.95. The van der Waals surface area contributed by atoms with Gasteiger partial charge in [-0.2, -0.15) is 0 Å². The molecule has 1 N–H and O–H groups in total. The highest BCUT2D eigenvalue weighted by atomic mass is 32.1. The Balaban J connectivity index is 1.67. The summed E-state index contributed by atoms with van der Waals surface area (Å²) in [7, 11) is 0. The maximum Gasteiger partial charge on any atom is 0.268 e. The number of hydrogen-bond acceptors (Lipinski definition) is 7. The fourth-order valence-electron chi connectivity index (χ4n) is 1.93. The Morgan fingerprint density at radius 2 is 2.05 bits per heavy atom. The summed E-state index contributed by atoms with van der Waals surface area (Å²) in [5, 5.41) is 4.70.